The molecule has 2 aliphatic rings. The van der Waals surface area contributed by atoms with Crippen LogP contribution in [0.5, 0.6) is 0 Å². The number of amidine groups is 1. The molecule has 0 spiro atoms. The number of rotatable bonds is 2. The van der Waals surface area contributed by atoms with Crippen molar-refractivity contribution in [2.45, 2.75) is 52.0 Å². The second kappa shape index (κ2) is 14.1. The molecule has 2 aromatic rings. The number of aliphatic imine (C=N–C) groups is 1. The van der Waals surface area contributed by atoms with Crippen LogP contribution in [-0.4, -0.2) is 21.2 Å². The second-order valence-corrected chi connectivity index (χ2v) is 11.4. The summed E-state index contributed by atoms with van der Waals surface area (Å²) in [5.74, 6) is 0.861. The van der Waals surface area contributed by atoms with Crippen LogP contribution in [0.25, 0.3) is 0 Å². The molecule has 1 fully saturated rings. The molecule has 1 aliphatic heterocycles. The monoisotopic (exact) mass is 659 g/mol. The number of hydrogen-bond donors (Lipinski definition) is 0. The summed E-state index contributed by atoms with van der Waals surface area (Å²) < 4.78 is 59.2. The van der Waals surface area contributed by atoms with E-state index in [2.05, 4.69) is 70.2 Å². The summed E-state index contributed by atoms with van der Waals surface area (Å²) in [7, 11) is -10.7. The van der Waals surface area contributed by atoms with E-state index in [4.69, 9.17) is 4.99 Å². The van der Waals surface area contributed by atoms with E-state index in [1.165, 1.54) is 25.7 Å². The van der Waals surface area contributed by atoms with Crippen LogP contribution in [0.15, 0.2) is 78.1 Å². The predicted molar refractivity (Wildman–Crippen MR) is 144 cm³/mol. The molecule has 217 valence electrons. The molecule has 0 saturated heterocycles. The first kappa shape index (κ1) is 35.1. The van der Waals surface area contributed by atoms with Gasteiger partial charge in [0.25, 0.3) is 0 Å². The first-order valence-corrected chi connectivity index (χ1v) is 14.1. The van der Waals surface area contributed by atoms with Gasteiger partial charge in [0.05, 0.1) is 5.69 Å². The van der Waals surface area contributed by atoms with Gasteiger partial charge in [-0.25, -0.2) is 4.99 Å². The zero-order valence-electron chi connectivity index (χ0n) is 22.0. The Kier molecular flexibility index (Phi) is 12.7. The molecule has 0 amide bonds. The van der Waals surface area contributed by atoms with E-state index >= 15 is 0 Å². The smallest absolute Gasteiger partial charge is 0 e. The minimum atomic E-state index is -10.7. The molecule has 4 rings (SSSR count). The minimum Gasteiger partial charge on any atom is -0.0496 e. The fourth-order valence-electron chi connectivity index (χ4n) is 3.13. The van der Waals surface area contributed by atoms with Gasteiger partial charge in [-0.1, -0.05) is 48.5 Å². The third-order valence-corrected chi connectivity index (χ3v) is 4.89. The first-order valence-electron chi connectivity index (χ1n) is 12.1. The van der Waals surface area contributed by atoms with Crippen molar-refractivity contribution in [3.05, 3.63) is 111 Å². The van der Waals surface area contributed by atoms with Crippen molar-refractivity contribution in [2.24, 2.45) is 4.99 Å². The van der Waals surface area contributed by atoms with Crippen molar-refractivity contribution < 1.29 is 44.7 Å². The van der Waals surface area contributed by atoms with E-state index < -0.39 is 7.81 Å². The van der Waals surface area contributed by atoms with E-state index in [0.29, 0.717) is 0 Å². The molecule has 1 saturated carbocycles. The Morgan fingerprint density at radius 3 is 1.51 bits per heavy atom. The van der Waals surface area contributed by atoms with Crippen molar-refractivity contribution in [1.29, 1.82) is 0 Å². The van der Waals surface area contributed by atoms with Gasteiger partial charge in [0.15, 0.2) is 0 Å². The molecule has 0 unspecified atom stereocenters. The molecular formula is C28H33F6N3PRh-. The Labute approximate surface area is 241 Å². The molecule has 11 heteroatoms. The van der Waals surface area contributed by atoms with Gasteiger partial charge in [-0.05, 0) is 84.3 Å². The fourth-order valence-corrected chi connectivity index (χ4v) is 3.13. The fraction of sp³-hybridized carbons (Fsp3) is 0.286. The van der Waals surface area contributed by atoms with Crippen LogP contribution in [0.1, 0.15) is 52.0 Å². The van der Waals surface area contributed by atoms with Crippen LogP contribution in [0.3, 0.4) is 0 Å². The summed E-state index contributed by atoms with van der Waals surface area (Å²) in [6.07, 6.45) is 18.0. The van der Waals surface area contributed by atoms with Crippen molar-refractivity contribution in [3.63, 3.8) is 0 Å². The molecule has 1 aliphatic carbocycles. The summed E-state index contributed by atoms with van der Waals surface area (Å²) >= 11 is 0. The maximum absolute atomic E-state index is 10.7. The second-order valence-electron chi connectivity index (χ2n) is 9.50. The number of halogens is 6. The number of nitrogens with zero attached hydrogens (tertiary/aromatic N) is 3. The van der Waals surface area contributed by atoms with Gasteiger partial charge in [-0.3, -0.25) is 4.90 Å². The van der Waals surface area contributed by atoms with Gasteiger partial charge in [0.1, 0.15) is 5.84 Å². The molecule has 3 nitrogen and oxygen atoms in total. The molecule has 1 heterocycles. The van der Waals surface area contributed by atoms with Crippen LogP contribution in [0.2, 0.25) is 0 Å². The molecule has 0 atom stereocenters. The average Bonchev–Trinajstić information content (AvgIpc) is 3.27. The average molecular weight is 659 g/mol. The summed E-state index contributed by atoms with van der Waals surface area (Å²) in [6, 6.07) is 20.2. The Morgan fingerprint density at radius 1 is 0.718 bits per heavy atom. The SMILES string of the molecule is CC(C)(C)N1[C]N(C(=Nc2ccccc2)c2ccccc2)C=C1.F[P-](F)(F)(F)(F)F.[CH]1[CH]CC[CH][CH]CC1.[Rh]. The van der Waals surface area contributed by atoms with Gasteiger partial charge in [0, 0.05) is 43.0 Å². The van der Waals surface area contributed by atoms with E-state index in [9.17, 15) is 25.2 Å². The molecular weight excluding hydrogens is 626 g/mol. The summed E-state index contributed by atoms with van der Waals surface area (Å²) in [6.45, 7) is 9.85. The summed E-state index contributed by atoms with van der Waals surface area (Å²) in [4.78, 5) is 8.85. The standard InChI is InChI=1S/C20H21N3.C8H12.F6P.Rh/c1-20(2,3)23-15-14-22(16-23)19(17-10-6-4-7-11-17)21-18-12-8-5-9-13-18;1-2-4-6-8-7-5-3-1;1-7(2,3,4,5)6;/h4-15H,1-3H3;1-2,7-8H,3-6H2;;/q;;-1;. The molecule has 0 bridgehead atoms. The van der Waals surface area contributed by atoms with E-state index in [1.54, 1.807) is 0 Å². The number of benzene rings is 2. The Balaban J connectivity index is 0.000000392. The van der Waals surface area contributed by atoms with Gasteiger partial charge in [0.2, 0.25) is 6.67 Å². The molecule has 0 aromatic heterocycles. The molecule has 7 radical (unpaired) electrons. The third kappa shape index (κ3) is 17.4. The van der Waals surface area contributed by atoms with Crippen molar-refractivity contribution in [3.8, 4) is 0 Å². The third-order valence-electron chi connectivity index (χ3n) is 4.89. The predicted octanol–water partition coefficient (Wildman–Crippen LogP) is 10.4. The van der Waals surface area contributed by atoms with Crippen LogP contribution < -0.4 is 0 Å². The summed E-state index contributed by atoms with van der Waals surface area (Å²) in [5.41, 5.74) is 1.97. The maximum atomic E-state index is 9.87. The quantitative estimate of drug-likeness (QED) is 0.105. The minimum absolute atomic E-state index is 0. The van der Waals surface area contributed by atoms with Crippen molar-refractivity contribution in [2.75, 3.05) is 0 Å². The normalized spacial score (nSPS) is 18.1. The van der Waals surface area contributed by atoms with E-state index in [-0.39, 0.29) is 25.0 Å². The van der Waals surface area contributed by atoms with Crippen LogP contribution >= 0.6 is 7.81 Å². The van der Waals surface area contributed by atoms with Gasteiger partial charge in [-0.2, -0.15) is 0 Å². The van der Waals surface area contributed by atoms with E-state index in [1.807, 2.05) is 65.8 Å². The van der Waals surface area contributed by atoms with Crippen molar-refractivity contribution in [1.82, 2.24) is 9.80 Å². The summed E-state index contributed by atoms with van der Waals surface area (Å²) in [5, 5.41) is 0. The number of hydrogen-bond acceptors (Lipinski definition) is 2. The Morgan fingerprint density at radius 2 is 1.13 bits per heavy atom. The maximum Gasteiger partial charge on any atom is 0 e. The zero-order chi connectivity index (χ0) is 28.4. The van der Waals surface area contributed by atoms with Gasteiger partial charge >= 0.3 is 33.0 Å². The van der Waals surface area contributed by atoms with Crippen molar-refractivity contribution >= 4 is 19.3 Å². The molecule has 39 heavy (non-hydrogen) atoms. The topological polar surface area (TPSA) is 18.8 Å². The van der Waals surface area contributed by atoms with Crippen LogP contribution in [-0.2, 0) is 19.5 Å². The molecule has 2 aromatic carbocycles. The first-order chi connectivity index (χ1) is 17.5. The van der Waals surface area contributed by atoms with Crippen LogP contribution in [0, 0.1) is 32.4 Å². The Bertz CT molecular complexity index is 1010. The molecule has 0 N–H and O–H groups in total. The van der Waals surface area contributed by atoms with Gasteiger partial charge in [-0.15, -0.1) is 0 Å². The Hall–Kier alpha value is -1.92. The zero-order valence-corrected chi connectivity index (χ0v) is 24.5. The van der Waals surface area contributed by atoms with Gasteiger partial charge < -0.3 is 4.90 Å². The number of para-hydroxylation sites is 1. The van der Waals surface area contributed by atoms with Crippen LogP contribution in [0.4, 0.5) is 30.9 Å². The largest absolute Gasteiger partial charge is 0.0496 e. The van der Waals surface area contributed by atoms with E-state index in [0.717, 1.165) is 17.1 Å².